The first-order valence-electron chi connectivity index (χ1n) is 7.18. The molecule has 1 aromatic heterocycles. The first-order chi connectivity index (χ1) is 9.66. The molecule has 2 fully saturated rings. The van der Waals surface area contributed by atoms with Gasteiger partial charge in [0.1, 0.15) is 0 Å². The number of nitrogens with zero attached hydrogens (tertiary/aromatic N) is 2. The summed E-state index contributed by atoms with van der Waals surface area (Å²) in [7, 11) is 0. The Labute approximate surface area is 117 Å². The van der Waals surface area contributed by atoms with Gasteiger partial charge in [0.2, 0.25) is 11.7 Å². The summed E-state index contributed by atoms with van der Waals surface area (Å²) in [5.74, 6) is -0.355. The van der Waals surface area contributed by atoms with Crippen LogP contribution in [0.3, 0.4) is 0 Å². The molecule has 0 radical (unpaired) electrons. The zero-order chi connectivity index (χ0) is 14.1. The molecule has 3 rings (SSSR count). The second kappa shape index (κ2) is 5.36. The maximum atomic E-state index is 12.6. The standard InChI is InChI=1S/C14H19N3O3/c1-9-7-12(20-16-9)14(19)17(11-4-5-11)13(18)10-3-2-6-15-8-10/h7,10-11,15H,2-6,8H2,1H3. The Morgan fingerprint density at radius 2 is 2.20 bits per heavy atom. The molecule has 0 spiro atoms. The van der Waals surface area contributed by atoms with E-state index in [4.69, 9.17) is 4.52 Å². The average molecular weight is 277 g/mol. The van der Waals surface area contributed by atoms with Gasteiger partial charge in [-0.2, -0.15) is 0 Å². The van der Waals surface area contributed by atoms with Gasteiger partial charge in [0.15, 0.2) is 0 Å². The highest BCUT2D eigenvalue weighted by Crippen LogP contribution is 2.30. The van der Waals surface area contributed by atoms with E-state index in [-0.39, 0.29) is 29.5 Å². The summed E-state index contributed by atoms with van der Waals surface area (Å²) in [5.41, 5.74) is 0.649. The molecule has 1 N–H and O–H groups in total. The summed E-state index contributed by atoms with van der Waals surface area (Å²) in [4.78, 5) is 26.5. The van der Waals surface area contributed by atoms with Gasteiger partial charge in [-0.25, -0.2) is 0 Å². The van der Waals surface area contributed by atoms with Crippen LogP contribution in [0.15, 0.2) is 10.6 Å². The molecule has 2 aliphatic rings. The van der Waals surface area contributed by atoms with E-state index in [0.717, 1.165) is 32.2 Å². The van der Waals surface area contributed by atoms with Crippen LogP contribution in [0.1, 0.15) is 41.9 Å². The summed E-state index contributed by atoms with van der Waals surface area (Å²) >= 11 is 0. The van der Waals surface area contributed by atoms with E-state index < -0.39 is 0 Å². The van der Waals surface area contributed by atoms with Gasteiger partial charge in [-0.1, -0.05) is 5.16 Å². The van der Waals surface area contributed by atoms with E-state index in [2.05, 4.69) is 10.5 Å². The Hall–Kier alpha value is -1.69. The molecule has 0 aromatic carbocycles. The lowest BCUT2D eigenvalue weighted by atomic mass is 9.98. The second-order valence-corrected chi connectivity index (χ2v) is 5.62. The third-order valence-electron chi connectivity index (χ3n) is 3.85. The molecular weight excluding hydrogens is 258 g/mol. The van der Waals surface area contributed by atoms with Gasteiger partial charge in [-0.3, -0.25) is 14.5 Å². The van der Waals surface area contributed by atoms with Gasteiger partial charge in [0.05, 0.1) is 11.6 Å². The van der Waals surface area contributed by atoms with Crippen LogP contribution in [-0.4, -0.2) is 41.0 Å². The smallest absolute Gasteiger partial charge is 0.299 e. The number of carbonyl (C=O) groups is 2. The highest BCUT2D eigenvalue weighted by molar-refractivity contribution is 6.04. The average Bonchev–Trinajstić information content (AvgIpc) is 3.20. The number of piperidine rings is 1. The predicted octanol–water partition coefficient (Wildman–Crippen LogP) is 1.11. The summed E-state index contributed by atoms with van der Waals surface area (Å²) in [5, 5.41) is 6.94. The Kier molecular flexibility index (Phi) is 3.56. The maximum Gasteiger partial charge on any atom is 0.299 e. The Morgan fingerprint density at radius 1 is 1.40 bits per heavy atom. The van der Waals surface area contributed by atoms with Crippen molar-refractivity contribution in [2.45, 2.75) is 38.6 Å². The molecule has 20 heavy (non-hydrogen) atoms. The number of imide groups is 1. The fraction of sp³-hybridized carbons (Fsp3) is 0.643. The summed E-state index contributed by atoms with van der Waals surface area (Å²) in [6.45, 7) is 3.36. The predicted molar refractivity (Wildman–Crippen MR) is 71.0 cm³/mol. The molecule has 1 aliphatic carbocycles. The van der Waals surface area contributed by atoms with E-state index in [1.807, 2.05) is 0 Å². The first kappa shape index (κ1) is 13.3. The molecule has 1 unspecified atom stereocenters. The largest absolute Gasteiger partial charge is 0.351 e. The Balaban J connectivity index is 1.78. The molecular formula is C14H19N3O3. The fourth-order valence-electron chi connectivity index (χ4n) is 2.62. The van der Waals surface area contributed by atoms with Crippen LogP contribution >= 0.6 is 0 Å². The Bertz CT molecular complexity index is 515. The molecule has 2 heterocycles. The lowest BCUT2D eigenvalue weighted by molar-refractivity contribution is -0.133. The molecule has 1 aliphatic heterocycles. The molecule has 2 amide bonds. The first-order valence-corrected chi connectivity index (χ1v) is 7.18. The van der Waals surface area contributed by atoms with Gasteiger partial charge >= 0.3 is 0 Å². The monoisotopic (exact) mass is 277 g/mol. The summed E-state index contributed by atoms with van der Waals surface area (Å²) < 4.78 is 5.01. The molecule has 1 saturated heterocycles. The van der Waals surface area contributed by atoms with Crippen LogP contribution in [0.4, 0.5) is 0 Å². The highest BCUT2D eigenvalue weighted by atomic mass is 16.5. The highest BCUT2D eigenvalue weighted by Gasteiger charge is 2.41. The van der Waals surface area contributed by atoms with Gasteiger partial charge < -0.3 is 9.84 Å². The van der Waals surface area contributed by atoms with Crippen molar-refractivity contribution < 1.29 is 14.1 Å². The van der Waals surface area contributed by atoms with Crippen LogP contribution in [0, 0.1) is 12.8 Å². The van der Waals surface area contributed by atoms with Crippen LogP contribution in [-0.2, 0) is 4.79 Å². The Morgan fingerprint density at radius 3 is 2.75 bits per heavy atom. The van der Waals surface area contributed by atoms with Gasteiger partial charge in [0, 0.05) is 18.7 Å². The lowest BCUT2D eigenvalue weighted by Crippen LogP contribution is -2.46. The number of hydrogen-bond acceptors (Lipinski definition) is 5. The zero-order valence-corrected chi connectivity index (χ0v) is 11.6. The number of aromatic nitrogens is 1. The van der Waals surface area contributed by atoms with E-state index in [1.54, 1.807) is 13.0 Å². The normalized spacial score (nSPS) is 22.6. The number of rotatable bonds is 3. The van der Waals surface area contributed by atoms with Crippen molar-refractivity contribution in [1.82, 2.24) is 15.4 Å². The van der Waals surface area contributed by atoms with E-state index in [0.29, 0.717) is 12.2 Å². The van der Waals surface area contributed by atoms with E-state index in [1.165, 1.54) is 4.90 Å². The molecule has 6 heteroatoms. The van der Waals surface area contributed by atoms with Crippen LogP contribution in [0.5, 0.6) is 0 Å². The fourth-order valence-corrected chi connectivity index (χ4v) is 2.62. The SMILES string of the molecule is Cc1cc(C(=O)N(C(=O)C2CCCNC2)C2CC2)on1. The third-order valence-corrected chi connectivity index (χ3v) is 3.85. The van der Waals surface area contributed by atoms with Crippen molar-refractivity contribution in [2.75, 3.05) is 13.1 Å². The summed E-state index contributed by atoms with van der Waals surface area (Å²) in [6.07, 6.45) is 3.61. The van der Waals surface area contributed by atoms with Gasteiger partial charge in [0.25, 0.3) is 5.91 Å². The topological polar surface area (TPSA) is 75.4 Å². The maximum absolute atomic E-state index is 12.6. The second-order valence-electron chi connectivity index (χ2n) is 5.62. The number of carbonyl (C=O) groups excluding carboxylic acids is 2. The van der Waals surface area contributed by atoms with E-state index >= 15 is 0 Å². The van der Waals surface area contributed by atoms with Crippen LogP contribution < -0.4 is 5.32 Å². The van der Waals surface area contributed by atoms with Crippen molar-refractivity contribution in [3.63, 3.8) is 0 Å². The zero-order valence-electron chi connectivity index (χ0n) is 11.6. The molecule has 1 atom stereocenters. The van der Waals surface area contributed by atoms with Crippen molar-refractivity contribution in [3.8, 4) is 0 Å². The number of amides is 2. The minimum Gasteiger partial charge on any atom is -0.351 e. The third kappa shape index (κ3) is 2.60. The molecule has 1 saturated carbocycles. The number of nitrogens with one attached hydrogen (secondary N) is 1. The van der Waals surface area contributed by atoms with Crippen LogP contribution in [0.25, 0.3) is 0 Å². The van der Waals surface area contributed by atoms with Crippen LogP contribution in [0.2, 0.25) is 0 Å². The summed E-state index contributed by atoms with van der Waals surface area (Å²) in [6, 6.07) is 1.63. The quantitative estimate of drug-likeness (QED) is 0.838. The van der Waals surface area contributed by atoms with Gasteiger partial charge in [-0.15, -0.1) is 0 Å². The number of aryl methyl sites for hydroxylation is 1. The minimum absolute atomic E-state index is 0.0438. The minimum atomic E-state index is -0.344. The van der Waals surface area contributed by atoms with Crippen molar-refractivity contribution >= 4 is 11.8 Å². The lowest BCUT2D eigenvalue weighted by Gasteiger charge is -2.27. The molecule has 1 aromatic rings. The number of hydrogen-bond donors (Lipinski definition) is 1. The van der Waals surface area contributed by atoms with Crippen molar-refractivity contribution in [1.29, 1.82) is 0 Å². The van der Waals surface area contributed by atoms with Gasteiger partial charge in [-0.05, 0) is 39.2 Å². The molecule has 108 valence electrons. The molecule has 6 nitrogen and oxygen atoms in total. The van der Waals surface area contributed by atoms with E-state index in [9.17, 15) is 9.59 Å². The molecule has 0 bridgehead atoms. The van der Waals surface area contributed by atoms with Crippen molar-refractivity contribution in [3.05, 3.63) is 17.5 Å². The van der Waals surface area contributed by atoms with Crippen molar-refractivity contribution in [2.24, 2.45) is 5.92 Å².